The largest absolute Gasteiger partial charge is 0.496 e. The Hall–Kier alpha value is -3.91. The summed E-state index contributed by atoms with van der Waals surface area (Å²) in [4.78, 5) is 18.3. The van der Waals surface area contributed by atoms with Gasteiger partial charge >= 0.3 is 0 Å². The number of para-hydroxylation sites is 1. The molecule has 5 aromatic rings. The van der Waals surface area contributed by atoms with Crippen molar-refractivity contribution in [2.75, 3.05) is 7.11 Å². The Labute approximate surface area is 216 Å². The summed E-state index contributed by atoms with van der Waals surface area (Å²) < 4.78 is 19.8. The van der Waals surface area contributed by atoms with Crippen molar-refractivity contribution >= 4 is 44.0 Å². The van der Waals surface area contributed by atoms with Crippen molar-refractivity contribution in [3.63, 3.8) is 0 Å². The van der Waals surface area contributed by atoms with Gasteiger partial charge in [-0.15, -0.1) is 0 Å². The van der Waals surface area contributed by atoms with Gasteiger partial charge in [-0.25, -0.2) is 4.98 Å². The highest BCUT2D eigenvalue weighted by Crippen LogP contribution is 2.33. The fraction of sp³-hybridized carbons (Fsp3) is 0.179. The Kier molecular flexibility index (Phi) is 6.61. The van der Waals surface area contributed by atoms with E-state index in [4.69, 9.17) is 18.9 Å². The summed E-state index contributed by atoms with van der Waals surface area (Å²) in [5.41, 5.74) is 1.60. The van der Waals surface area contributed by atoms with Gasteiger partial charge in [-0.05, 0) is 61.9 Å². The number of aromatic nitrogens is 2. The standard InChI is InChI=1S/C28H24BrN3O4/c1-4-17(2)35-23-13-12-19(29)14-18(23)16-30-32-27(31-22-9-6-5-8-20(22)28(32)33)26-15-21-24(34-3)10-7-11-25(21)36-26/h5-17H,4H2,1-3H3/t17-/m1/s1. The second-order valence-corrected chi connectivity index (χ2v) is 9.23. The van der Waals surface area contributed by atoms with E-state index in [-0.39, 0.29) is 17.5 Å². The highest BCUT2D eigenvalue weighted by molar-refractivity contribution is 9.10. The lowest BCUT2D eigenvalue weighted by Crippen LogP contribution is -2.20. The van der Waals surface area contributed by atoms with Crippen LogP contribution in [0.4, 0.5) is 0 Å². The van der Waals surface area contributed by atoms with Crippen LogP contribution in [0.15, 0.2) is 85.5 Å². The second-order valence-electron chi connectivity index (χ2n) is 8.32. The summed E-state index contributed by atoms with van der Waals surface area (Å²) in [5.74, 6) is 2.03. The molecule has 0 aliphatic rings. The summed E-state index contributed by atoms with van der Waals surface area (Å²) in [7, 11) is 1.60. The monoisotopic (exact) mass is 545 g/mol. The molecule has 0 spiro atoms. The first kappa shape index (κ1) is 23.8. The van der Waals surface area contributed by atoms with Gasteiger partial charge in [0.15, 0.2) is 5.76 Å². The van der Waals surface area contributed by atoms with Crippen LogP contribution in [0.25, 0.3) is 33.5 Å². The van der Waals surface area contributed by atoms with Gasteiger partial charge < -0.3 is 13.9 Å². The van der Waals surface area contributed by atoms with E-state index in [0.717, 1.165) is 21.8 Å². The lowest BCUT2D eigenvalue weighted by Gasteiger charge is -2.15. The van der Waals surface area contributed by atoms with Crippen LogP contribution in [0.3, 0.4) is 0 Å². The maximum atomic E-state index is 13.6. The van der Waals surface area contributed by atoms with Crippen LogP contribution >= 0.6 is 15.9 Å². The maximum absolute atomic E-state index is 13.6. The highest BCUT2D eigenvalue weighted by atomic mass is 79.9. The number of hydrogen-bond acceptors (Lipinski definition) is 6. The molecular formula is C28H24BrN3O4. The Morgan fingerprint density at radius 1 is 1.08 bits per heavy atom. The number of furan rings is 1. The predicted octanol–water partition coefficient (Wildman–Crippen LogP) is 6.64. The topological polar surface area (TPSA) is 78.8 Å². The van der Waals surface area contributed by atoms with Gasteiger partial charge in [0, 0.05) is 10.0 Å². The van der Waals surface area contributed by atoms with Crippen molar-refractivity contribution in [2.24, 2.45) is 5.10 Å². The van der Waals surface area contributed by atoms with Crippen LogP contribution in [-0.2, 0) is 0 Å². The molecule has 8 heteroatoms. The van der Waals surface area contributed by atoms with E-state index in [1.54, 1.807) is 31.5 Å². The van der Waals surface area contributed by atoms with E-state index in [9.17, 15) is 4.79 Å². The number of fused-ring (bicyclic) bond motifs is 2. The van der Waals surface area contributed by atoms with Crippen molar-refractivity contribution in [3.05, 3.63) is 87.1 Å². The summed E-state index contributed by atoms with van der Waals surface area (Å²) in [5, 5.41) is 5.81. The van der Waals surface area contributed by atoms with Gasteiger partial charge in [-0.1, -0.05) is 41.1 Å². The fourth-order valence-electron chi connectivity index (χ4n) is 3.86. The van der Waals surface area contributed by atoms with Gasteiger partial charge in [-0.3, -0.25) is 4.79 Å². The molecule has 1 atom stereocenters. The Bertz CT molecular complexity index is 1650. The predicted molar refractivity (Wildman–Crippen MR) is 145 cm³/mol. The van der Waals surface area contributed by atoms with Crippen LogP contribution < -0.4 is 15.0 Å². The molecular weight excluding hydrogens is 522 g/mol. The molecule has 3 aromatic carbocycles. The van der Waals surface area contributed by atoms with Gasteiger partial charge in [0.2, 0.25) is 5.82 Å². The zero-order valence-corrected chi connectivity index (χ0v) is 21.7. The molecule has 0 aliphatic carbocycles. The van der Waals surface area contributed by atoms with Crippen molar-refractivity contribution in [3.8, 4) is 23.1 Å². The van der Waals surface area contributed by atoms with E-state index < -0.39 is 0 Å². The molecule has 2 heterocycles. The van der Waals surface area contributed by atoms with E-state index in [0.29, 0.717) is 33.7 Å². The Morgan fingerprint density at radius 3 is 2.72 bits per heavy atom. The van der Waals surface area contributed by atoms with Crippen molar-refractivity contribution in [1.82, 2.24) is 9.66 Å². The first-order valence-electron chi connectivity index (χ1n) is 11.6. The molecule has 0 fully saturated rings. The molecule has 7 nitrogen and oxygen atoms in total. The number of methoxy groups -OCH3 is 1. The second kappa shape index (κ2) is 9.99. The molecule has 182 valence electrons. The van der Waals surface area contributed by atoms with Crippen LogP contribution in [0.2, 0.25) is 0 Å². The first-order valence-corrected chi connectivity index (χ1v) is 12.4. The molecule has 2 aromatic heterocycles. The van der Waals surface area contributed by atoms with Crippen LogP contribution in [0.1, 0.15) is 25.8 Å². The van der Waals surface area contributed by atoms with Crippen molar-refractivity contribution in [1.29, 1.82) is 0 Å². The third-order valence-electron chi connectivity index (χ3n) is 5.90. The summed E-state index contributed by atoms with van der Waals surface area (Å²) in [6.07, 6.45) is 2.50. The fourth-order valence-corrected chi connectivity index (χ4v) is 4.24. The highest BCUT2D eigenvalue weighted by Gasteiger charge is 2.18. The minimum absolute atomic E-state index is 0.0319. The molecule has 0 N–H and O–H groups in total. The normalized spacial score (nSPS) is 12.4. The average Bonchev–Trinajstić information content (AvgIpc) is 3.33. The lowest BCUT2D eigenvalue weighted by atomic mass is 10.2. The van der Waals surface area contributed by atoms with E-state index in [1.807, 2.05) is 55.5 Å². The number of benzene rings is 3. The third-order valence-corrected chi connectivity index (χ3v) is 6.40. The zero-order valence-electron chi connectivity index (χ0n) is 20.1. The van der Waals surface area contributed by atoms with Crippen LogP contribution in [-0.4, -0.2) is 29.1 Å². The molecule has 0 unspecified atom stereocenters. The molecule has 0 bridgehead atoms. The molecule has 0 saturated carbocycles. The van der Waals surface area contributed by atoms with Crippen LogP contribution in [0, 0.1) is 0 Å². The van der Waals surface area contributed by atoms with Crippen LogP contribution in [0.5, 0.6) is 11.5 Å². The van der Waals surface area contributed by atoms with Crippen molar-refractivity contribution < 1.29 is 13.9 Å². The SMILES string of the molecule is CC[C@@H](C)Oc1ccc(Br)cc1C=Nn1c(-c2cc3c(OC)cccc3o2)nc2ccccc2c1=O. The number of ether oxygens (including phenoxy) is 2. The minimum atomic E-state index is -0.307. The maximum Gasteiger partial charge on any atom is 0.282 e. The summed E-state index contributed by atoms with van der Waals surface area (Å²) in [6.45, 7) is 4.07. The van der Waals surface area contributed by atoms with E-state index in [2.05, 4.69) is 28.0 Å². The van der Waals surface area contributed by atoms with Crippen molar-refractivity contribution in [2.45, 2.75) is 26.4 Å². The summed E-state index contributed by atoms with van der Waals surface area (Å²) >= 11 is 3.51. The Morgan fingerprint density at radius 2 is 1.92 bits per heavy atom. The molecule has 5 rings (SSSR count). The van der Waals surface area contributed by atoms with Gasteiger partial charge in [0.1, 0.15) is 17.1 Å². The molecule has 0 aliphatic heterocycles. The quantitative estimate of drug-likeness (QED) is 0.214. The third kappa shape index (κ3) is 4.52. The lowest BCUT2D eigenvalue weighted by molar-refractivity contribution is 0.217. The van der Waals surface area contributed by atoms with E-state index in [1.165, 1.54) is 4.68 Å². The number of hydrogen-bond donors (Lipinski definition) is 0. The molecule has 0 amide bonds. The molecule has 0 radical (unpaired) electrons. The zero-order chi connectivity index (χ0) is 25.2. The smallest absolute Gasteiger partial charge is 0.282 e. The van der Waals surface area contributed by atoms with Gasteiger partial charge in [0.05, 0.1) is 35.7 Å². The first-order chi connectivity index (χ1) is 17.5. The number of rotatable bonds is 7. The van der Waals surface area contributed by atoms with Gasteiger partial charge in [-0.2, -0.15) is 9.78 Å². The van der Waals surface area contributed by atoms with Gasteiger partial charge in [0.25, 0.3) is 5.56 Å². The summed E-state index contributed by atoms with van der Waals surface area (Å²) in [6, 6.07) is 20.2. The Balaban J connectivity index is 1.70. The minimum Gasteiger partial charge on any atom is -0.496 e. The average molecular weight is 546 g/mol. The number of halogens is 1. The molecule has 0 saturated heterocycles. The van der Waals surface area contributed by atoms with E-state index >= 15 is 0 Å². The molecule has 36 heavy (non-hydrogen) atoms. The number of nitrogens with zero attached hydrogens (tertiary/aromatic N) is 3.